The van der Waals surface area contributed by atoms with Gasteiger partial charge in [0.2, 0.25) is 0 Å². The Bertz CT molecular complexity index is 534. The van der Waals surface area contributed by atoms with Gasteiger partial charge in [0.1, 0.15) is 6.10 Å². The number of aliphatic hydroxyl groups excluding tert-OH is 1. The largest absolute Gasteiger partial charge is 0.381 e. The van der Waals surface area contributed by atoms with E-state index in [9.17, 15) is 9.90 Å². The van der Waals surface area contributed by atoms with Gasteiger partial charge in [-0.25, -0.2) is 0 Å². The molecule has 1 unspecified atom stereocenters. The van der Waals surface area contributed by atoms with Gasteiger partial charge in [-0.05, 0) is 29.7 Å². The number of Topliss-reactive ketones (excluding diaryl/α,β-unsaturated/α-hetero) is 1. The monoisotopic (exact) mass is 274 g/mol. The van der Waals surface area contributed by atoms with Crippen molar-refractivity contribution < 1.29 is 9.90 Å². The highest BCUT2D eigenvalue weighted by molar-refractivity contribution is 6.30. The zero-order valence-electron chi connectivity index (χ0n) is 10.4. The summed E-state index contributed by atoms with van der Waals surface area (Å²) in [7, 11) is 0. The molecule has 2 aromatic carbocycles. The minimum atomic E-state index is -1.07. The van der Waals surface area contributed by atoms with Crippen molar-refractivity contribution >= 4 is 17.4 Å². The predicted octanol–water partition coefficient (Wildman–Crippen LogP) is 3.58. The van der Waals surface area contributed by atoms with E-state index in [0.29, 0.717) is 23.4 Å². The van der Waals surface area contributed by atoms with Crippen LogP contribution in [0.25, 0.3) is 0 Å². The van der Waals surface area contributed by atoms with Crippen LogP contribution in [0, 0.1) is 0 Å². The van der Waals surface area contributed by atoms with Crippen LogP contribution in [0.2, 0.25) is 5.02 Å². The summed E-state index contributed by atoms with van der Waals surface area (Å²) in [6.07, 6.45) is -0.0982. The summed E-state index contributed by atoms with van der Waals surface area (Å²) < 4.78 is 0. The zero-order chi connectivity index (χ0) is 13.7. The van der Waals surface area contributed by atoms with Crippen molar-refractivity contribution in [1.29, 1.82) is 0 Å². The predicted molar refractivity (Wildman–Crippen MR) is 76.2 cm³/mol. The Balaban J connectivity index is 1.94. The fraction of sp³-hybridized carbons (Fsp3) is 0.188. The van der Waals surface area contributed by atoms with Crippen LogP contribution in [0.5, 0.6) is 0 Å². The summed E-state index contributed by atoms with van der Waals surface area (Å²) in [6.45, 7) is 0. The molecule has 2 aromatic rings. The molecule has 0 aliphatic carbocycles. The Morgan fingerprint density at radius 1 is 1.05 bits per heavy atom. The molecule has 0 aliphatic rings. The SMILES string of the molecule is O=C(CCc1ccccc1)C(O)c1ccc(Cl)cc1. The molecule has 0 radical (unpaired) electrons. The van der Waals surface area contributed by atoms with Crippen LogP contribution in [0.4, 0.5) is 0 Å². The first-order chi connectivity index (χ1) is 9.16. The van der Waals surface area contributed by atoms with E-state index in [2.05, 4.69) is 0 Å². The standard InChI is InChI=1S/C16H15ClO2/c17-14-9-7-13(8-10-14)16(19)15(18)11-6-12-4-2-1-3-5-12/h1-5,7-10,16,19H,6,11H2. The second kappa shape index (κ2) is 6.50. The van der Waals surface area contributed by atoms with E-state index in [4.69, 9.17) is 11.6 Å². The lowest BCUT2D eigenvalue weighted by Crippen LogP contribution is -2.12. The molecular weight excluding hydrogens is 260 g/mol. The maximum absolute atomic E-state index is 11.9. The number of ketones is 1. The first-order valence-electron chi connectivity index (χ1n) is 6.17. The van der Waals surface area contributed by atoms with E-state index in [0.717, 1.165) is 5.56 Å². The molecule has 98 valence electrons. The maximum Gasteiger partial charge on any atom is 0.166 e. The number of hydrogen-bond donors (Lipinski definition) is 1. The third kappa shape index (κ3) is 3.91. The van der Waals surface area contributed by atoms with Crippen LogP contribution in [-0.2, 0) is 11.2 Å². The third-order valence-corrected chi connectivity index (χ3v) is 3.25. The zero-order valence-corrected chi connectivity index (χ0v) is 11.2. The highest BCUT2D eigenvalue weighted by atomic mass is 35.5. The Morgan fingerprint density at radius 2 is 1.68 bits per heavy atom. The minimum Gasteiger partial charge on any atom is -0.381 e. The molecule has 0 saturated carbocycles. The second-order valence-electron chi connectivity index (χ2n) is 4.41. The normalized spacial score (nSPS) is 12.1. The van der Waals surface area contributed by atoms with Crippen LogP contribution in [0.1, 0.15) is 23.7 Å². The average molecular weight is 275 g/mol. The van der Waals surface area contributed by atoms with Gasteiger partial charge in [-0.3, -0.25) is 4.79 Å². The van der Waals surface area contributed by atoms with Crippen molar-refractivity contribution in [1.82, 2.24) is 0 Å². The molecule has 1 atom stereocenters. The number of rotatable bonds is 5. The van der Waals surface area contributed by atoms with E-state index < -0.39 is 6.10 Å². The summed E-state index contributed by atoms with van der Waals surface area (Å²) in [6, 6.07) is 16.5. The summed E-state index contributed by atoms with van der Waals surface area (Å²) in [5.41, 5.74) is 1.68. The number of carbonyl (C=O) groups is 1. The van der Waals surface area contributed by atoms with Gasteiger partial charge in [-0.15, -0.1) is 0 Å². The highest BCUT2D eigenvalue weighted by Gasteiger charge is 2.16. The molecule has 0 aromatic heterocycles. The molecule has 0 fully saturated rings. The molecule has 0 bridgehead atoms. The fourth-order valence-corrected chi connectivity index (χ4v) is 2.01. The highest BCUT2D eigenvalue weighted by Crippen LogP contribution is 2.19. The molecule has 2 rings (SSSR count). The number of hydrogen-bond acceptors (Lipinski definition) is 2. The molecule has 0 saturated heterocycles. The topological polar surface area (TPSA) is 37.3 Å². The van der Waals surface area contributed by atoms with E-state index in [1.807, 2.05) is 30.3 Å². The van der Waals surface area contributed by atoms with Gasteiger partial charge in [-0.2, -0.15) is 0 Å². The molecule has 0 spiro atoms. The van der Waals surface area contributed by atoms with Crippen molar-refractivity contribution in [3.8, 4) is 0 Å². The van der Waals surface area contributed by atoms with Gasteiger partial charge in [-0.1, -0.05) is 54.1 Å². The van der Waals surface area contributed by atoms with Crippen molar-refractivity contribution in [3.63, 3.8) is 0 Å². The van der Waals surface area contributed by atoms with Crippen LogP contribution in [-0.4, -0.2) is 10.9 Å². The van der Waals surface area contributed by atoms with E-state index in [-0.39, 0.29) is 5.78 Å². The number of halogens is 1. The van der Waals surface area contributed by atoms with Crippen molar-refractivity contribution in [2.75, 3.05) is 0 Å². The molecule has 2 nitrogen and oxygen atoms in total. The summed E-state index contributed by atoms with van der Waals surface area (Å²) >= 11 is 5.77. The Labute approximate surface area is 117 Å². The van der Waals surface area contributed by atoms with Gasteiger partial charge in [0, 0.05) is 11.4 Å². The number of aryl methyl sites for hydroxylation is 1. The lowest BCUT2D eigenvalue weighted by molar-refractivity contribution is -0.127. The van der Waals surface area contributed by atoms with Crippen molar-refractivity contribution in [3.05, 3.63) is 70.7 Å². The van der Waals surface area contributed by atoms with Crippen LogP contribution in [0.15, 0.2) is 54.6 Å². The lowest BCUT2D eigenvalue weighted by atomic mass is 10.0. The van der Waals surface area contributed by atoms with Gasteiger partial charge < -0.3 is 5.11 Å². The van der Waals surface area contributed by atoms with Gasteiger partial charge >= 0.3 is 0 Å². The molecular formula is C16H15ClO2. The molecule has 1 N–H and O–H groups in total. The van der Waals surface area contributed by atoms with Crippen molar-refractivity contribution in [2.45, 2.75) is 18.9 Å². The number of aliphatic hydroxyl groups is 1. The molecule has 0 amide bonds. The summed E-state index contributed by atoms with van der Waals surface area (Å²) in [5, 5.41) is 10.6. The maximum atomic E-state index is 11.9. The van der Waals surface area contributed by atoms with Gasteiger partial charge in [0.05, 0.1) is 0 Å². The van der Waals surface area contributed by atoms with Crippen LogP contribution in [0.3, 0.4) is 0 Å². The van der Waals surface area contributed by atoms with E-state index >= 15 is 0 Å². The Hall–Kier alpha value is -1.64. The second-order valence-corrected chi connectivity index (χ2v) is 4.84. The first kappa shape index (κ1) is 13.8. The van der Waals surface area contributed by atoms with Gasteiger partial charge in [0.25, 0.3) is 0 Å². The fourth-order valence-electron chi connectivity index (χ4n) is 1.88. The number of benzene rings is 2. The smallest absolute Gasteiger partial charge is 0.166 e. The van der Waals surface area contributed by atoms with Crippen LogP contribution < -0.4 is 0 Å². The third-order valence-electron chi connectivity index (χ3n) is 2.99. The first-order valence-corrected chi connectivity index (χ1v) is 6.55. The minimum absolute atomic E-state index is 0.175. The van der Waals surface area contributed by atoms with E-state index in [1.54, 1.807) is 24.3 Å². The Morgan fingerprint density at radius 3 is 2.32 bits per heavy atom. The lowest BCUT2D eigenvalue weighted by Gasteiger charge is -2.10. The van der Waals surface area contributed by atoms with Crippen LogP contribution >= 0.6 is 11.6 Å². The molecule has 0 aliphatic heterocycles. The van der Waals surface area contributed by atoms with E-state index in [1.165, 1.54) is 0 Å². The number of carbonyl (C=O) groups excluding carboxylic acids is 1. The molecule has 0 heterocycles. The summed E-state index contributed by atoms with van der Waals surface area (Å²) in [5.74, 6) is -0.175. The molecule has 3 heteroatoms. The van der Waals surface area contributed by atoms with Crippen molar-refractivity contribution in [2.24, 2.45) is 0 Å². The Kier molecular flexibility index (Phi) is 4.72. The summed E-state index contributed by atoms with van der Waals surface area (Å²) in [4.78, 5) is 11.9. The molecule has 19 heavy (non-hydrogen) atoms. The average Bonchev–Trinajstić information content (AvgIpc) is 2.46. The van der Waals surface area contributed by atoms with Gasteiger partial charge in [0.15, 0.2) is 5.78 Å². The quantitative estimate of drug-likeness (QED) is 0.905.